The highest BCUT2D eigenvalue weighted by molar-refractivity contribution is 6.32. The smallest absolute Gasteiger partial charge is 0.132 e. The summed E-state index contributed by atoms with van der Waals surface area (Å²) in [6, 6.07) is 6.37. The van der Waals surface area contributed by atoms with Crippen LogP contribution in [0.4, 0.5) is 5.69 Å². The molecule has 0 heterocycles. The Morgan fingerprint density at radius 2 is 2.04 bits per heavy atom. The van der Waals surface area contributed by atoms with Crippen LogP contribution in [0.1, 0.15) is 39.2 Å². The first-order chi connectivity index (χ1) is 11.4. The molecule has 1 fully saturated rings. The van der Waals surface area contributed by atoms with Gasteiger partial charge in [0.25, 0.3) is 0 Å². The highest BCUT2D eigenvalue weighted by atomic mass is 35.5. The molecule has 0 amide bonds. The molecule has 0 unspecified atom stereocenters. The number of amidine groups is 1. The van der Waals surface area contributed by atoms with Crippen molar-refractivity contribution in [2.45, 2.75) is 39.7 Å². The van der Waals surface area contributed by atoms with E-state index in [9.17, 15) is 0 Å². The molecule has 0 aliphatic heterocycles. The Balaban J connectivity index is 2.08. The number of allylic oxidation sites excluding steroid dienone is 1. The molecule has 1 aromatic carbocycles. The van der Waals surface area contributed by atoms with Crippen molar-refractivity contribution in [3.8, 4) is 0 Å². The molecule has 0 radical (unpaired) electrons. The van der Waals surface area contributed by atoms with E-state index in [2.05, 4.69) is 35.7 Å². The first kappa shape index (κ1) is 18.3. The zero-order valence-corrected chi connectivity index (χ0v) is 15.5. The fraction of sp³-hybridized carbons (Fsp3) is 0.350. The standard InChI is InChI=1S/C20H26ClN3/c1-6-9-22-20(13(2)3)24-16-7-8-18(19(21)12-16)15(5)23-17-10-14(4)11-17/h6-9,12,14,17,23H,2,5,10-11H2,1,3-4H3,(H,22,24)/b9-6-. The quantitative estimate of drug-likeness (QED) is 0.519. The number of nitrogens with zero attached hydrogens (tertiary/aromatic N) is 1. The molecule has 2 rings (SSSR count). The summed E-state index contributed by atoms with van der Waals surface area (Å²) in [5.41, 5.74) is 3.55. The number of hydrogen-bond acceptors (Lipinski definition) is 2. The first-order valence-corrected chi connectivity index (χ1v) is 8.65. The number of halogens is 1. The van der Waals surface area contributed by atoms with Crippen LogP contribution >= 0.6 is 11.6 Å². The van der Waals surface area contributed by atoms with E-state index in [1.165, 1.54) is 12.8 Å². The molecule has 2 N–H and O–H groups in total. The molecule has 3 nitrogen and oxygen atoms in total. The lowest BCUT2D eigenvalue weighted by Gasteiger charge is -2.34. The van der Waals surface area contributed by atoms with Crippen LogP contribution in [0.5, 0.6) is 0 Å². The zero-order chi connectivity index (χ0) is 17.7. The minimum absolute atomic E-state index is 0.518. The van der Waals surface area contributed by atoms with Gasteiger partial charge in [0.1, 0.15) is 5.84 Å². The predicted octanol–water partition coefficient (Wildman–Crippen LogP) is 5.62. The largest absolute Gasteiger partial charge is 0.382 e. The second-order valence-electron chi connectivity index (χ2n) is 6.46. The first-order valence-electron chi connectivity index (χ1n) is 8.28. The van der Waals surface area contributed by atoms with Crippen molar-refractivity contribution < 1.29 is 0 Å². The third kappa shape index (κ3) is 4.75. The molecule has 0 atom stereocenters. The summed E-state index contributed by atoms with van der Waals surface area (Å²) in [6.45, 7) is 14.2. The fourth-order valence-electron chi connectivity index (χ4n) is 2.72. The lowest BCUT2D eigenvalue weighted by atomic mass is 9.81. The van der Waals surface area contributed by atoms with Crippen molar-refractivity contribution in [3.05, 3.63) is 59.8 Å². The van der Waals surface area contributed by atoms with Crippen molar-refractivity contribution in [1.82, 2.24) is 5.32 Å². The Hall–Kier alpha value is -2.00. The monoisotopic (exact) mass is 343 g/mol. The van der Waals surface area contributed by atoms with Crippen LogP contribution in [-0.4, -0.2) is 11.9 Å². The zero-order valence-electron chi connectivity index (χ0n) is 14.7. The summed E-state index contributed by atoms with van der Waals surface area (Å²) >= 11 is 6.45. The third-order valence-electron chi connectivity index (χ3n) is 4.07. The number of nitrogens with one attached hydrogen (secondary N) is 2. The summed E-state index contributed by atoms with van der Waals surface area (Å²) in [5, 5.41) is 7.38. The van der Waals surface area contributed by atoms with Crippen LogP contribution < -0.4 is 10.6 Å². The van der Waals surface area contributed by atoms with Gasteiger partial charge in [0, 0.05) is 29.2 Å². The van der Waals surface area contributed by atoms with E-state index in [4.69, 9.17) is 11.6 Å². The second kappa shape index (κ2) is 8.20. The molecule has 0 spiro atoms. The summed E-state index contributed by atoms with van der Waals surface area (Å²) in [7, 11) is 0. The van der Waals surface area contributed by atoms with Gasteiger partial charge in [0.05, 0.1) is 5.02 Å². The van der Waals surface area contributed by atoms with Gasteiger partial charge in [-0.25, -0.2) is 4.99 Å². The van der Waals surface area contributed by atoms with Gasteiger partial charge >= 0.3 is 0 Å². The Kier molecular flexibility index (Phi) is 6.27. The molecule has 0 aromatic heterocycles. The highest BCUT2D eigenvalue weighted by Gasteiger charge is 2.25. The molecule has 24 heavy (non-hydrogen) atoms. The number of anilines is 1. The Morgan fingerprint density at radius 1 is 1.33 bits per heavy atom. The normalized spacial score (nSPS) is 20.6. The molecular formula is C20H26ClN3. The summed E-state index contributed by atoms with van der Waals surface area (Å²) in [6.07, 6.45) is 6.00. The molecule has 1 aliphatic rings. The lowest BCUT2D eigenvalue weighted by Crippen LogP contribution is -2.38. The molecule has 1 aromatic rings. The van der Waals surface area contributed by atoms with Crippen molar-refractivity contribution >= 4 is 28.8 Å². The molecule has 1 saturated carbocycles. The minimum atomic E-state index is 0.518. The predicted molar refractivity (Wildman–Crippen MR) is 106 cm³/mol. The Labute approximate surface area is 150 Å². The molecule has 128 valence electrons. The second-order valence-corrected chi connectivity index (χ2v) is 6.86. The summed E-state index contributed by atoms with van der Waals surface area (Å²) < 4.78 is 0. The Bertz CT molecular complexity index is 682. The van der Waals surface area contributed by atoms with Crippen molar-refractivity contribution in [1.29, 1.82) is 0 Å². The highest BCUT2D eigenvalue weighted by Crippen LogP contribution is 2.30. The van der Waals surface area contributed by atoms with E-state index in [0.717, 1.165) is 34.3 Å². The molecule has 0 bridgehead atoms. The number of benzene rings is 1. The van der Waals surface area contributed by atoms with Crippen LogP contribution in [0.15, 0.2) is 54.2 Å². The maximum atomic E-state index is 6.45. The number of hydrogen-bond donors (Lipinski definition) is 2. The van der Waals surface area contributed by atoms with Gasteiger partial charge in [-0.1, -0.05) is 37.8 Å². The van der Waals surface area contributed by atoms with Gasteiger partial charge in [-0.15, -0.1) is 0 Å². The van der Waals surface area contributed by atoms with Gasteiger partial charge in [0.15, 0.2) is 0 Å². The van der Waals surface area contributed by atoms with Gasteiger partial charge in [0.2, 0.25) is 0 Å². The van der Waals surface area contributed by atoms with Crippen LogP contribution in [0.25, 0.3) is 5.70 Å². The van der Waals surface area contributed by atoms with Gasteiger partial charge in [-0.3, -0.25) is 0 Å². The van der Waals surface area contributed by atoms with Gasteiger partial charge < -0.3 is 10.6 Å². The SMILES string of the molecule is C=C(C)/C(=N\C=C/C)Nc1ccc(C(=C)NC2CC(C)C2)c(Cl)c1. The van der Waals surface area contributed by atoms with E-state index in [-0.39, 0.29) is 0 Å². The molecule has 0 saturated heterocycles. The third-order valence-corrected chi connectivity index (χ3v) is 4.38. The van der Waals surface area contributed by atoms with E-state index < -0.39 is 0 Å². The van der Waals surface area contributed by atoms with E-state index in [1.807, 2.05) is 38.1 Å². The van der Waals surface area contributed by atoms with E-state index >= 15 is 0 Å². The van der Waals surface area contributed by atoms with Crippen molar-refractivity contribution in [2.75, 3.05) is 5.32 Å². The van der Waals surface area contributed by atoms with Crippen molar-refractivity contribution in [2.24, 2.45) is 10.9 Å². The topological polar surface area (TPSA) is 36.4 Å². The van der Waals surface area contributed by atoms with Crippen LogP contribution in [-0.2, 0) is 0 Å². The summed E-state index contributed by atoms with van der Waals surface area (Å²) in [4.78, 5) is 4.34. The minimum Gasteiger partial charge on any atom is -0.382 e. The Morgan fingerprint density at radius 3 is 2.58 bits per heavy atom. The molecule has 1 aliphatic carbocycles. The van der Waals surface area contributed by atoms with E-state index in [1.54, 1.807) is 6.20 Å². The van der Waals surface area contributed by atoms with E-state index in [0.29, 0.717) is 11.1 Å². The average Bonchev–Trinajstić information content (AvgIpc) is 2.49. The van der Waals surface area contributed by atoms with Crippen molar-refractivity contribution in [3.63, 3.8) is 0 Å². The molecular weight excluding hydrogens is 318 g/mol. The maximum absolute atomic E-state index is 6.45. The summed E-state index contributed by atoms with van der Waals surface area (Å²) in [5.74, 6) is 1.52. The maximum Gasteiger partial charge on any atom is 0.132 e. The number of rotatable bonds is 6. The van der Waals surface area contributed by atoms with Crippen LogP contribution in [0.3, 0.4) is 0 Å². The van der Waals surface area contributed by atoms with Crippen LogP contribution in [0, 0.1) is 5.92 Å². The lowest BCUT2D eigenvalue weighted by molar-refractivity contribution is 0.265. The van der Waals surface area contributed by atoms with Gasteiger partial charge in [-0.2, -0.15) is 0 Å². The fourth-order valence-corrected chi connectivity index (χ4v) is 3.01. The van der Waals surface area contributed by atoms with Crippen LogP contribution in [0.2, 0.25) is 5.02 Å². The average molecular weight is 344 g/mol. The number of aliphatic imine (C=N–C) groups is 1. The molecule has 4 heteroatoms. The van der Waals surface area contributed by atoms with Gasteiger partial charge in [-0.05, 0) is 56.4 Å².